The van der Waals surface area contributed by atoms with Gasteiger partial charge < -0.3 is 0 Å². The maximum Gasteiger partial charge on any atom is 0.153 e. The molecule has 0 spiro atoms. The van der Waals surface area contributed by atoms with E-state index in [-0.39, 0.29) is 5.41 Å². The summed E-state index contributed by atoms with van der Waals surface area (Å²) in [6.45, 7) is 4.21. The summed E-state index contributed by atoms with van der Waals surface area (Å²) in [5, 5.41) is 0.420. The van der Waals surface area contributed by atoms with Crippen LogP contribution in [0.25, 0.3) is 0 Å². The van der Waals surface area contributed by atoms with Crippen LogP contribution in [0.1, 0.15) is 29.8 Å². The van der Waals surface area contributed by atoms with E-state index in [0.717, 1.165) is 23.4 Å². The van der Waals surface area contributed by atoms with Gasteiger partial charge in [-0.3, -0.25) is 14.7 Å². The average molecular weight is 323 g/mol. The van der Waals surface area contributed by atoms with Crippen LogP contribution in [0.2, 0.25) is 5.02 Å². The van der Waals surface area contributed by atoms with Gasteiger partial charge in [-0.05, 0) is 37.6 Å². The van der Waals surface area contributed by atoms with Crippen molar-refractivity contribution in [3.05, 3.63) is 52.5 Å². The van der Waals surface area contributed by atoms with Gasteiger partial charge in [0.05, 0.1) is 22.0 Å². The lowest BCUT2D eigenvalue weighted by molar-refractivity contribution is 0.112. The minimum absolute atomic E-state index is 0.291. The predicted octanol–water partition coefficient (Wildman–Crippen LogP) is 3.40. The number of carbonyl (C=O) groups is 1. The quantitative estimate of drug-likeness (QED) is 0.627. The van der Waals surface area contributed by atoms with Crippen molar-refractivity contribution in [1.29, 1.82) is 0 Å². The van der Waals surface area contributed by atoms with Crippen LogP contribution in [0.15, 0.2) is 41.4 Å². The molecule has 23 heavy (non-hydrogen) atoms. The summed E-state index contributed by atoms with van der Waals surface area (Å²) in [4.78, 5) is 18.0. The molecule has 1 aliphatic rings. The van der Waals surface area contributed by atoms with Crippen LogP contribution in [0.4, 0.5) is 11.4 Å². The fraction of sp³-hybridized carbons (Fsp3) is 0.222. The Morgan fingerprint density at radius 1 is 1.22 bits per heavy atom. The summed E-state index contributed by atoms with van der Waals surface area (Å²) >= 11 is 6.21. The first-order chi connectivity index (χ1) is 10.9. The maximum absolute atomic E-state index is 11.6. The number of hydrogen-bond donors (Lipinski definition) is 0. The van der Waals surface area contributed by atoms with Gasteiger partial charge in [0.15, 0.2) is 6.29 Å². The Hall–Kier alpha value is -2.07. The number of halogens is 1. The van der Waals surface area contributed by atoms with Crippen molar-refractivity contribution < 1.29 is 4.79 Å². The smallest absolute Gasteiger partial charge is 0.153 e. The first-order valence-corrected chi connectivity index (χ1v) is 7.70. The fourth-order valence-corrected chi connectivity index (χ4v) is 3.45. The van der Waals surface area contributed by atoms with Gasteiger partial charge in [0.1, 0.15) is 13.7 Å². The minimum atomic E-state index is -0.291. The number of hydrogen-bond acceptors (Lipinski definition) is 2. The van der Waals surface area contributed by atoms with Gasteiger partial charge in [0.25, 0.3) is 0 Å². The highest BCUT2D eigenvalue weighted by Crippen LogP contribution is 2.46. The van der Waals surface area contributed by atoms with E-state index in [1.807, 2.05) is 35.2 Å². The number of rotatable bonds is 2. The van der Waals surface area contributed by atoms with Crippen LogP contribution in [-0.2, 0) is 5.41 Å². The Morgan fingerprint density at radius 3 is 2.61 bits per heavy atom. The zero-order valence-electron chi connectivity index (χ0n) is 13.3. The molecule has 0 unspecified atom stereocenters. The van der Waals surface area contributed by atoms with Crippen molar-refractivity contribution >= 4 is 48.4 Å². The van der Waals surface area contributed by atoms with Crippen molar-refractivity contribution in [2.24, 2.45) is 4.99 Å². The molecule has 0 fully saturated rings. The summed E-state index contributed by atoms with van der Waals surface area (Å²) in [6, 6.07) is 11.2. The highest BCUT2D eigenvalue weighted by atomic mass is 35.5. The number of carbonyl (C=O) groups excluding carboxylic acids is 1. The van der Waals surface area contributed by atoms with Crippen LogP contribution >= 0.6 is 11.6 Å². The van der Waals surface area contributed by atoms with E-state index >= 15 is 0 Å². The molecular formula is C18H16BClN2O. The van der Waals surface area contributed by atoms with Crippen molar-refractivity contribution in [2.45, 2.75) is 19.3 Å². The summed E-state index contributed by atoms with van der Waals surface area (Å²) in [5.41, 5.74) is 3.58. The highest BCUT2D eigenvalue weighted by Gasteiger charge is 2.42. The molecule has 3 rings (SSSR count). The number of nitrogens with zero attached hydrogens (tertiary/aromatic N) is 2. The first-order valence-electron chi connectivity index (χ1n) is 7.33. The number of aliphatic imine (C=N–C) groups is 1. The lowest BCUT2D eigenvalue weighted by atomic mass is 9.83. The van der Waals surface area contributed by atoms with Gasteiger partial charge in [0.2, 0.25) is 0 Å². The molecule has 0 atom stereocenters. The molecule has 0 saturated heterocycles. The topological polar surface area (TPSA) is 32.7 Å². The van der Waals surface area contributed by atoms with Gasteiger partial charge in [-0.15, -0.1) is 0 Å². The normalized spacial score (nSPS) is 17.4. The monoisotopic (exact) mass is 322 g/mol. The molecule has 2 aromatic carbocycles. The molecule has 0 N–H and O–H groups in total. The van der Waals surface area contributed by atoms with Gasteiger partial charge in [-0.25, -0.2) is 0 Å². The molecule has 0 saturated carbocycles. The van der Waals surface area contributed by atoms with Gasteiger partial charge in [-0.1, -0.05) is 35.3 Å². The Kier molecular flexibility index (Phi) is 3.81. The number of anilines is 2. The first kappa shape index (κ1) is 15.8. The summed E-state index contributed by atoms with van der Waals surface area (Å²) in [6.07, 6.45) is 0.780. The van der Waals surface area contributed by atoms with Gasteiger partial charge in [-0.2, -0.15) is 0 Å². The zero-order valence-corrected chi connectivity index (χ0v) is 14.1. The molecule has 5 heteroatoms. The number of amidine groups is 1. The second kappa shape index (κ2) is 5.53. The summed E-state index contributed by atoms with van der Waals surface area (Å²) in [5.74, 6) is 0.850. The van der Waals surface area contributed by atoms with Crippen molar-refractivity contribution in [3.63, 3.8) is 0 Å². The number of aldehydes is 1. The van der Waals surface area contributed by atoms with E-state index in [1.165, 1.54) is 0 Å². The fourth-order valence-electron chi connectivity index (χ4n) is 3.24. The van der Waals surface area contributed by atoms with Crippen molar-refractivity contribution in [3.8, 4) is 0 Å². The van der Waals surface area contributed by atoms with Crippen molar-refractivity contribution in [1.82, 2.24) is 0 Å². The number of fused-ring (bicyclic) bond motifs is 1. The molecule has 1 heterocycles. The van der Waals surface area contributed by atoms with E-state index < -0.39 is 0 Å². The largest absolute Gasteiger partial charge is 0.298 e. The Balaban J connectivity index is 2.34. The SMILES string of the molecule is [B]c1ccc2c(c1)N(c1cccc(Cl)c1C=O)C(=NC)C2(C)C. The molecule has 1 aliphatic heterocycles. The van der Waals surface area contributed by atoms with Crippen LogP contribution in [0.3, 0.4) is 0 Å². The summed E-state index contributed by atoms with van der Waals surface area (Å²) in [7, 11) is 7.74. The summed E-state index contributed by atoms with van der Waals surface area (Å²) < 4.78 is 0. The van der Waals surface area contributed by atoms with Crippen LogP contribution in [-0.4, -0.2) is 27.0 Å². The third-order valence-electron chi connectivity index (χ3n) is 4.31. The molecule has 0 aliphatic carbocycles. The Labute approximate surface area is 142 Å². The molecule has 0 bridgehead atoms. The molecule has 114 valence electrons. The van der Waals surface area contributed by atoms with Crippen LogP contribution in [0, 0.1) is 0 Å². The molecule has 3 nitrogen and oxygen atoms in total. The maximum atomic E-state index is 11.6. The van der Waals surface area contributed by atoms with Gasteiger partial charge >= 0.3 is 0 Å². The lowest BCUT2D eigenvalue weighted by Gasteiger charge is -2.26. The standard InChI is InChI=1S/C18H16BClN2O/c1-18(2)13-8-7-11(19)9-16(13)22(17(18)21-3)15-6-4-5-14(20)12(15)10-23/h4-10H,1-3H3. The van der Waals surface area contributed by atoms with E-state index in [9.17, 15) is 4.79 Å². The van der Waals surface area contributed by atoms with Crippen molar-refractivity contribution in [2.75, 3.05) is 11.9 Å². The highest BCUT2D eigenvalue weighted by molar-refractivity contribution is 6.35. The molecule has 0 amide bonds. The zero-order chi connectivity index (χ0) is 16.8. The Morgan fingerprint density at radius 2 is 1.96 bits per heavy atom. The van der Waals surface area contributed by atoms with E-state index in [4.69, 9.17) is 19.4 Å². The molecular weight excluding hydrogens is 306 g/mol. The predicted molar refractivity (Wildman–Crippen MR) is 97.2 cm³/mol. The number of benzene rings is 2. The third-order valence-corrected chi connectivity index (χ3v) is 4.64. The lowest BCUT2D eigenvalue weighted by Crippen LogP contribution is -2.34. The van der Waals surface area contributed by atoms with E-state index in [1.54, 1.807) is 13.1 Å². The van der Waals surface area contributed by atoms with Crippen LogP contribution < -0.4 is 10.4 Å². The Bertz CT molecular complexity index is 830. The van der Waals surface area contributed by atoms with Gasteiger partial charge in [0, 0.05) is 12.5 Å². The van der Waals surface area contributed by atoms with E-state index in [2.05, 4.69) is 18.8 Å². The molecule has 2 aromatic rings. The minimum Gasteiger partial charge on any atom is -0.298 e. The second-order valence-corrected chi connectivity index (χ2v) is 6.48. The average Bonchev–Trinajstić information content (AvgIpc) is 2.73. The third kappa shape index (κ3) is 2.29. The second-order valence-electron chi connectivity index (χ2n) is 6.07. The van der Waals surface area contributed by atoms with Crippen LogP contribution in [0.5, 0.6) is 0 Å². The molecule has 0 aromatic heterocycles. The molecule has 2 radical (unpaired) electrons. The van der Waals surface area contributed by atoms with E-state index in [0.29, 0.717) is 21.7 Å².